The zero-order valence-corrected chi connectivity index (χ0v) is 21.6. The highest BCUT2D eigenvalue weighted by atomic mass is 16.4. The first-order chi connectivity index (χ1) is 15.9. The van der Waals surface area contributed by atoms with Gasteiger partial charge in [-0.3, -0.25) is 19.8 Å². The third-order valence-electron chi connectivity index (χ3n) is 3.60. The highest BCUT2D eigenvalue weighted by molar-refractivity contribution is 5.74. The van der Waals surface area contributed by atoms with E-state index in [-0.39, 0.29) is 17.8 Å². The lowest BCUT2D eigenvalue weighted by molar-refractivity contribution is -0.140. The first-order valence-corrected chi connectivity index (χ1v) is 11.0. The summed E-state index contributed by atoms with van der Waals surface area (Å²) in [6.45, 7) is 11.9. The summed E-state index contributed by atoms with van der Waals surface area (Å²) in [6.07, 6.45) is 4.85. The minimum absolute atomic E-state index is 0.0775. The fraction of sp³-hybridized carbons (Fsp3) is 0.682. The van der Waals surface area contributed by atoms with Crippen LogP contribution in [0.2, 0.25) is 0 Å². The largest absolute Gasteiger partial charge is 0.481 e. The Morgan fingerprint density at radius 1 is 1.11 bits per heavy atom. The van der Waals surface area contributed by atoms with Gasteiger partial charge in [-0.15, -0.1) is 0 Å². The monoisotopic (exact) mass is 504 g/mol. The molecule has 0 bridgehead atoms. The van der Waals surface area contributed by atoms with Crippen LogP contribution in [0.25, 0.3) is 0 Å². The van der Waals surface area contributed by atoms with Crippen molar-refractivity contribution in [2.45, 2.75) is 79.3 Å². The van der Waals surface area contributed by atoms with E-state index in [1.54, 1.807) is 6.20 Å². The molecule has 0 aliphatic carbocycles. The van der Waals surface area contributed by atoms with Crippen molar-refractivity contribution < 1.29 is 34.1 Å². The average Bonchev–Trinajstić information content (AvgIpc) is 3.14. The van der Waals surface area contributed by atoms with Crippen LogP contribution in [0.3, 0.4) is 0 Å². The highest BCUT2D eigenvalue weighted by Crippen LogP contribution is 2.17. The van der Waals surface area contributed by atoms with Crippen LogP contribution in [-0.2, 0) is 14.4 Å². The van der Waals surface area contributed by atoms with Crippen LogP contribution < -0.4 is 22.5 Å². The molecular formula is C22H44N6O7. The molecule has 0 amide bonds. The number of aliphatic carboxylic acids is 3. The SMILES string of the molecule is CC(C)(C)CC(=O)O.CC(C)C[C@H](N)C(=O)O.Cc1cnco1.N=C(N)NCCC[C@H](N)C(=O)O. The van der Waals surface area contributed by atoms with Crippen molar-refractivity contribution in [2.24, 2.45) is 28.5 Å². The first kappa shape index (κ1) is 36.4. The van der Waals surface area contributed by atoms with Crippen molar-refractivity contribution >= 4 is 23.9 Å². The Kier molecular flexibility index (Phi) is 21.0. The molecule has 1 heterocycles. The van der Waals surface area contributed by atoms with Gasteiger partial charge in [-0.1, -0.05) is 34.6 Å². The van der Waals surface area contributed by atoms with Crippen molar-refractivity contribution in [3.63, 3.8) is 0 Å². The maximum atomic E-state index is 10.2. The Morgan fingerprint density at radius 2 is 1.63 bits per heavy atom. The maximum Gasteiger partial charge on any atom is 0.320 e. The molecule has 0 saturated carbocycles. The molecule has 0 radical (unpaired) electrons. The summed E-state index contributed by atoms with van der Waals surface area (Å²) in [6, 6.07) is -1.51. The normalized spacial score (nSPS) is 11.8. The zero-order chi connectivity index (χ0) is 28.2. The van der Waals surface area contributed by atoms with Gasteiger partial charge in [-0.25, -0.2) is 4.98 Å². The Morgan fingerprint density at radius 3 is 1.83 bits per heavy atom. The molecule has 0 aliphatic heterocycles. The van der Waals surface area contributed by atoms with Gasteiger partial charge >= 0.3 is 17.9 Å². The van der Waals surface area contributed by atoms with E-state index >= 15 is 0 Å². The molecule has 0 fully saturated rings. The molecule has 35 heavy (non-hydrogen) atoms. The number of guanidine groups is 1. The van der Waals surface area contributed by atoms with Gasteiger partial charge < -0.3 is 42.3 Å². The molecule has 0 aromatic carbocycles. The Hall–Kier alpha value is -3.19. The second kappa shape index (κ2) is 20.2. The van der Waals surface area contributed by atoms with Crippen molar-refractivity contribution in [1.82, 2.24) is 10.3 Å². The van der Waals surface area contributed by atoms with E-state index in [2.05, 4.69) is 10.3 Å². The van der Waals surface area contributed by atoms with Gasteiger partial charge in [0.05, 0.1) is 12.6 Å². The summed E-state index contributed by atoms with van der Waals surface area (Å²) in [5.74, 6) is -1.54. The predicted octanol–water partition coefficient (Wildman–Crippen LogP) is 1.60. The van der Waals surface area contributed by atoms with Crippen LogP contribution in [0.1, 0.15) is 66.1 Å². The molecule has 0 unspecified atom stereocenters. The first-order valence-electron chi connectivity index (χ1n) is 11.0. The van der Waals surface area contributed by atoms with Gasteiger partial charge in [0.2, 0.25) is 0 Å². The molecule has 11 N–H and O–H groups in total. The summed E-state index contributed by atoms with van der Waals surface area (Å²) in [7, 11) is 0. The maximum absolute atomic E-state index is 10.2. The molecule has 1 aromatic heterocycles. The summed E-state index contributed by atoms with van der Waals surface area (Å²) in [4.78, 5) is 34.0. The molecular weight excluding hydrogens is 460 g/mol. The summed E-state index contributed by atoms with van der Waals surface area (Å²) in [5.41, 5.74) is 15.4. The standard InChI is InChI=1S/C6H14N4O2.C6H13NO2.C6H12O2.C4H5NO/c7-4(5(11)12)2-1-3-10-6(8)9;1-4(2)3-5(7)6(8)9;1-6(2,3)4-5(7)8;1-4-2-5-3-6-4/h4H,1-3,7H2,(H,11,12)(H4,8,9,10);4-5H,3,7H2,1-2H3,(H,8,9);4H2,1-3H3,(H,7,8);2-3H,1H3/t4-;5-;;/m00../s1. The van der Waals surface area contributed by atoms with Crippen LogP contribution in [0.4, 0.5) is 0 Å². The summed E-state index contributed by atoms with van der Waals surface area (Å²) < 4.78 is 4.72. The van der Waals surface area contributed by atoms with Crippen LogP contribution in [0, 0.1) is 23.7 Å². The van der Waals surface area contributed by atoms with E-state index < -0.39 is 30.0 Å². The quantitative estimate of drug-likeness (QED) is 0.135. The Labute approximate surface area is 207 Å². The highest BCUT2D eigenvalue weighted by Gasteiger charge is 2.14. The number of carboxylic acids is 3. The Balaban J connectivity index is -0.000000401. The fourth-order valence-corrected chi connectivity index (χ4v) is 2.01. The van der Waals surface area contributed by atoms with Gasteiger partial charge in [-0.05, 0) is 37.5 Å². The molecule has 0 saturated heterocycles. The van der Waals surface area contributed by atoms with E-state index in [1.807, 2.05) is 41.5 Å². The number of oxazole rings is 1. The van der Waals surface area contributed by atoms with Gasteiger partial charge in [-0.2, -0.15) is 0 Å². The van der Waals surface area contributed by atoms with E-state index in [1.165, 1.54) is 6.39 Å². The van der Waals surface area contributed by atoms with Crippen molar-refractivity contribution in [3.8, 4) is 0 Å². The number of rotatable bonds is 9. The van der Waals surface area contributed by atoms with Crippen LogP contribution in [0.5, 0.6) is 0 Å². The molecule has 0 spiro atoms. The van der Waals surface area contributed by atoms with Crippen LogP contribution in [-0.4, -0.2) is 62.8 Å². The number of nitrogens with zero attached hydrogens (tertiary/aromatic N) is 1. The Bertz CT molecular complexity index is 718. The van der Waals surface area contributed by atoms with Crippen molar-refractivity contribution in [1.29, 1.82) is 5.41 Å². The number of aromatic nitrogens is 1. The van der Waals surface area contributed by atoms with Gasteiger partial charge in [0, 0.05) is 6.54 Å². The predicted molar refractivity (Wildman–Crippen MR) is 133 cm³/mol. The van der Waals surface area contributed by atoms with E-state index in [0.717, 1.165) is 5.76 Å². The molecule has 13 heteroatoms. The third kappa shape index (κ3) is 33.1. The molecule has 204 valence electrons. The number of aryl methyl sites for hydroxylation is 1. The van der Waals surface area contributed by atoms with Gasteiger partial charge in [0.1, 0.15) is 17.8 Å². The number of carbonyl (C=O) groups is 3. The summed E-state index contributed by atoms with van der Waals surface area (Å²) in [5, 5.41) is 34.3. The lowest BCUT2D eigenvalue weighted by Crippen LogP contribution is -2.34. The van der Waals surface area contributed by atoms with Gasteiger partial charge in [0.25, 0.3) is 0 Å². The lowest BCUT2D eigenvalue weighted by Gasteiger charge is -2.13. The second-order valence-corrected chi connectivity index (χ2v) is 9.24. The number of carboxylic acid groups (broad SMARTS) is 3. The fourth-order valence-electron chi connectivity index (χ4n) is 2.01. The lowest BCUT2D eigenvalue weighted by atomic mass is 9.93. The smallest absolute Gasteiger partial charge is 0.320 e. The summed E-state index contributed by atoms with van der Waals surface area (Å²) >= 11 is 0. The second-order valence-electron chi connectivity index (χ2n) is 9.24. The van der Waals surface area contributed by atoms with E-state index in [4.69, 9.17) is 42.3 Å². The molecule has 13 nitrogen and oxygen atoms in total. The molecule has 1 rings (SSSR count). The third-order valence-corrected chi connectivity index (χ3v) is 3.60. The number of hydrogen-bond acceptors (Lipinski definition) is 8. The molecule has 0 aliphatic rings. The number of nitrogens with two attached hydrogens (primary N) is 3. The van der Waals surface area contributed by atoms with Crippen LogP contribution >= 0.6 is 0 Å². The van der Waals surface area contributed by atoms with Crippen molar-refractivity contribution in [2.75, 3.05) is 6.54 Å². The minimum atomic E-state index is -1.00. The zero-order valence-electron chi connectivity index (χ0n) is 21.6. The van der Waals surface area contributed by atoms with E-state index in [0.29, 0.717) is 31.7 Å². The van der Waals surface area contributed by atoms with Crippen LogP contribution in [0.15, 0.2) is 17.0 Å². The van der Waals surface area contributed by atoms with Gasteiger partial charge in [0.15, 0.2) is 12.4 Å². The van der Waals surface area contributed by atoms with Crippen molar-refractivity contribution in [3.05, 3.63) is 18.4 Å². The van der Waals surface area contributed by atoms with E-state index in [9.17, 15) is 14.4 Å². The molecule has 2 atom stereocenters. The number of nitrogens with one attached hydrogen (secondary N) is 2. The average molecular weight is 505 g/mol. The minimum Gasteiger partial charge on any atom is -0.481 e. The molecule has 1 aromatic rings. The topological polar surface area (TPSA) is 252 Å². The number of hydrogen-bond donors (Lipinski definition) is 8.